The van der Waals surface area contributed by atoms with Gasteiger partial charge < -0.3 is 9.73 Å². The molecule has 0 spiro atoms. The van der Waals surface area contributed by atoms with Crippen LogP contribution in [0.5, 0.6) is 0 Å². The van der Waals surface area contributed by atoms with Crippen LogP contribution in [0, 0.1) is 6.92 Å². The van der Waals surface area contributed by atoms with Gasteiger partial charge in [-0.15, -0.1) is 0 Å². The fraction of sp³-hybridized carbons (Fsp3) is 0.0500. The summed E-state index contributed by atoms with van der Waals surface area (Å²) in [5, 5.41) is 4.04. The van der Waals surface area contributed by atoms with Gasteiger partial charge in [0, 0.05) is 27.4 Å². The number of rotatable bonds is 4. The highest BCUT2D eigenvalue weighted by atomic mass is 35.5. The normalized spacial score (nSPS) is 11.0. The largest absolute Gasteiger partial charge is 0.457 e. The number of benzene rings is 2. The molecular formula is C20H15Cl2NO2. The number of carbonyl (C=O) groups is 1. The van der Waals surface area contributed by atoms with Crippen LogP contribution in [0.2, 0.25) is 10.0 Å². The standard InChI is InChI=1S/C20H15Cl2NO2/c1-13-2-5-16(22)12-18(13)23-20(24)11-9-17-8-10-19(25-17)14-3-6-15(21)7-4-14/h2-12H,1H3,(H,23,24). The van der Waals surface area contributed by atoms with E-state index in [1.54, 1.807) is 36.4 Å². The molecule has 0 fully saturated rings. The molecule has 0 aliphatic carbocycles. The summed E-state index contributed by atoms with van der Waals surface area (Å²) in [5.74, 6) is 1.04. The Kier molecular flexibility index (Phi) is 5.27. The van der Waals surface area contributed by atoms with Crippen molar-refractivity contribution >= 4 is 40.9 Å². The summed E-state index contributed by atoms with van der Waals surface area (Å²) in [5.41, 5.74) is 2.54. The first-order valence-corrected chi connectivity index (χ1v) is 8.38. The molecule has 0 unspecified atom stereocenters. The lowest BCUT2D eigenvalue weighted by Crippen LogP contribution is -2.08. The third-order valence-electron chi connectivity index (χ3n) is 3.61. The third-order valence-corrected chi connectivity index (χ3v) is 4.10. The lowest BCUT2D eigenvalue weighted by Gasteiger charge is -2.06. The van der Waals surface area contributed by atoms with Crippen molar-refractivity contribution in [3.63, 3.8) is 0 Å². The molecule has 0 atom stereocenters. The maximum Gasteiger partial charge on any atom is 0.248 e. The lowest BCUT2D eigenvalue weighted by molar-refractivity contribution is -0.111. The molecule has 0 aliphatic rings. The predicted octanol–water partition coefficient (Wildman–Crippen LogP) is 6.21. The minimum atomic E-state index is -0.255. The van der Waals surface area contributed by atoms with Gasteiger partial charge in [-0.05, 0) is 67.1 Å². The topological polar surface area (TPSA) is 42.2 Å². The van der Waals surface area contributed by atoms with Gasteiger partial charge in [-0.25, -0.2) is 0 Å². The SMILES string of the molecule is Cc1ccc(Cl)cc1NC(=O)C=Cc1ccc(-c2ccc(Cl)cc2)o1. The quantitative estimate of drug-likeness (QED) is 0.553. The van der Waals surface area contributed by atoms with Crippen molar-refractivity contribution in [2.75, 3.05) is 5.32 Å². The van der Waals surface area contributed by atoms with Crippen LogP contribution in [0.1, 0.15) is 11.3 Å². The van der Waals surface area contributed by atoms with Crippen LogP contribution in [0.3, 0.4) is 0 Å². The van der Waals surface area contributed by atoms with E-state index < -0.39 is 0 Å². The van der Waals surface area contributed by atoms with Crippen LogP contribution in [0.15, 0.2) is 65.1 Å². The first-order chi connectivity index (χ1) is 12.0. The number of nitrogens with one attached hydrogen (secondary N) is 1. The molecule has 25 heavy (non-hydrogen) atoms. The van der Waals surface area contributed by atoms with Crippen LogP contribution in [0.25, 0.3) is 17.4 Å². The van der Waals surface area contributed by atoms with E-state index in [4.69, 9.17) is 27.6 Å². The Labute approximate surface area is 155 Å². The van der Waals surface area contributed by atoms with Gasteiger partial charge in [0.25, 0.3) is 0 Å². The van der Waals surface area contributed by atoms with E-state index in [-0.39, 0.29) is 5.91 Å². The number of aryl methyl sites for hydroxylation is 1. The van der Waals surface area contributed by atoms with E-state index in [0.29, 0.717) is 27.3 Å². The maximum absolute atomic E-state index is 12.1. The fourth-order valence-corrected chi connectivity index (χ4v) is 2.57. The third kappa shape index (κ3) is 4.53. The molecule has 0 saturated heterocycles. The van der Waals surface area contributed by atoms with Crippen molar-refractivity contribution in [2.24, 2.45) is 0 Å². The Morgan fingerprint density at radius 3 is 2.48 bits per heavy atom. The molecular weight excluding hydrogens is 357 g/mol. The zero-order valence-electron chi connectivity index (χ0n) is 13.4. The van der Waals surface area contributed by atoms with Gasteiger partial charge in [-0.2, -0.15) is 0 Å². The highest BCUT2D eigenvalue weighted by molar-refractivity contribution is 6.31. The molecule has 3 rings (SSSR count). The van der Waals surface area contributed by atoms with Gasteiger partial charge >= 0.3 is 0 Å². The van der Waals surface area contributed by atoms with Gasteiger partial charge in [0.05, 0.1) is 0 Å². The van der Waals surface area contributed by atoms with E-state index in [1.807, 2.05) is 31.2 Å². The zero-order chi connectivity index (χ0) is 17.8. The van der Waals surface area contributed by atoms with Crippen LogP contribution in [0.4, 0.5) is 5.69 Å². The summed E-state index contributed by atoms with van der Waals surface area (Å²) in [6.07, 6.45) is 3.04. The number of furan rings is 1. The lowest BCUT2D eigenvalue weighted by atomic mass is 10.2. The van der Waals surface area contributed by atoms with Crippen molar-refractivity contribution in [3.05, 3.63) is 82.0 Å². The Morgan fingerprint density at radius 2 is 1.72 bits per heavy atom. The predicted molar refractivity (Wildman–Crippen MR) is 103 cm³/mol. The molecule has 0 bridgehead atoms. The molecule has 3 aromatic rings. The van der Waals surface area contributed by atoms with Gasteiger partial charge in [-0.3, -0.25) is 4.79 Å². The van der Waals surface area contributed by atoms with Crippen LogP contribution >= 0.6 is 23.2 Å². The van der Waals surface area contributed by atoms with Crippen molar-refractivity contribution in [3.8, 4) is 11.3 Å². The van der Waals surface area contributed by atoms with E-state index >= 15 is 0 Å². The Balaban J connectivity index is 1.68. The Morgan fingerprint density at radius 1 is 1.00 bits per heavy atom. The highest BCUT2D eigenvalue weighted by Crippen LogP contribution is 2.24. The number of anilines is 1. The van der Waals surface area contributed by atoms with Crippen LogP contribution in [-0.2, 0) is 4.79 Å². The molecule has 1 aromatic heterocycles. The minimum absolute atomic E-state index is 0.255. The summed E-state index contributed by atoms with van der Waals surface area (Å²) in [4.78, 5) is 12.1. The van der Waals surface area contributed by atoms with Gasteiger partial charge in [0.1, 0.15) is 11.5 Å². The Bertz CT molecular complexity index is 927. The molecule has 2 aromatic carbocycles. The summed E-state index contributed by atoms with van der Waals surface area (Å²) < 4.78 is 5.72. The molecule has 0 radical (unpaired) electrons. The molecule has 3 nitrogen and oxygen atoms in total. The highest BCUT2D eigenvalue weighted by Gasteiger charge is 2.05. The van der Waals surface area contributed by atoms with Crippen molar-refractivity contribution in [1.82, 2.24) is 0 Å². The second kappa shape index (κ2) is 7.60. The monoisotopic (exact) mass is 371 g/mol. The first kappa shape index (κ1) is 17.3. The number of halogens is 2. The zero-order valence-corrected chi connectivity index (χ0v) is 14.9. The van der Waals surface area contributed by atoms with E-state index in [0.717, 1.165) is 11.1 Å². The van der Waals surface area contributed by atoms with Gasteiger partial charge in [-0.1, -0.05) is 29.3 Å². The van der Waals surface area contributed by atoms with Gasteiger partial charge in [0.15, 0.2) is 0 Å². The second-order valence-corrected chi connectivity index (χ2v) is 6.36. The summed E-state index contributed by atoms with van der Waals surface area (Å²) >= 11 is 11.8. The molecule has 1 N–H and O–H groups in total. The molecule has 1 amide bonds. The van der Waals surface area contributed by atoms with Gasteiger partial charge in [0.2, 0.25) is 5.91 Å². The summed E-state index contributed by atoms with van der Waals surface area (Å²) in [7, 11) is 0. The number of amides is 1. The number of hydrogen-bond acceptors (Lipinski definition) is 2. The average molecular weight is 372 g/mol. The van der Waals surface area contributed by atoms with Crippen LogP contribution < -0.4 is 5.32 Å². The van der Waals surface area contributed by atoms with Crippen LogP contribution in [-0.4, -0.2) is 5.91 Å². The molecule has 5 heteroatoms. The van der Waals surface area contributed by atoms with Crippen molar-refractivity contribution in [2.45, 2.75) is 6.92 Å². The minimum Gasteiger partial charge on any atom is -0.457 e. The average Bonchev–Trinajstić information content (AvgIpc) is 3.06. The summed E-state index contributed by atoms with van der Waals surface area (Å²) in [6.45, 7) is 1.90. The molecule has 0 aliphatic heterocycles. The van der Waals surface area contributed by atoms with E-state index in [9.17, 15) is 4.79 Å². The van der Waals surface area contributed by atoms with E-state index in [1.165, 1.54) is 6.08 Å². The smallest absolute Gasteiger partial charge is 0.248 e. The molecule has 126 valence electrons. The molecule has 0 saturated carbocycles. The first-order valence-electron chi connectivity index (χ1n) is 7.62. The van der Waals surface area contributed by atoms with Crippen molar-refractivity contribution < 1.29 is 9.21 Å². The Hall–Kier alpha value is -2.49. The van der Waals surface area contributed by atoms with Crippen molar-refractivity contribution in [1.29, 1.82) is 0 Å². The maximum atomic E-state index is 12.1. The van der Waals surface area contributed by atoms with E-state index in [2.05, 4.69) is 5.32 Å². The summed E-state index contributed by atoms with van der Waals surface area (Å²) in [6, 6.07) is 16.4. The fourth-order valence-electron chi connectivity index (χ4n) is 2.27. The second-order valence-electron chi connectivity index (χ2n) is 5.49. The molecule has 1 heterocycles. The number of carbonyl (C=O) groups excluding carboxylic acids is 1. The number of hydrogen-bond donors (Lipinski definition) is 1.